The van der Waals surface area contributed by atoms with Gasteiger partial charge in [-0.2, -0.15) is 0 Å². The molecule has 10 heteroatoms. The van der Waals surface area contributed by atoms with Crippen LogP contribution in [-0.2, 0) is 11.3 Å². The number of rotatable bonds is 12. The van der Waals surface area contributed by atoms with E-state index in [1.54, 1.807) is 19.5 Å². The van der Waals surface area contributed by atoms with Crippen molar-refractivity contribution in [3.8, 4) is 17.0 Å². The van der Waals surface area contributed by atoms with Crippen molar-refractivity contribution in [3.63, 3.8) is 0 Å². The van der Waals surface area contributed by atoms with E-state index in [1.807, 2.05) is 35.6 Å². The van der Waals surface area contributed by atoms with Crippen LogP contribution in [0.15, 0.2) is 61.2 Å². The van der Waals surface area contributed by atoms with Crippen molar-refractivity contribution in [2.75, 3.05) is 27.2 Å². The van der Waals surface area contributed by atoms with E-state index in [0.717, 1.165) is 60.1 Å². The van der Waals surface area contributed by atoms with E-state index < -0.39 is 0 Å². The van der Waals surface area contributed by atoms with Gasteiger partial charge in [-0.05, 0) is 86.2 Å². The van der Waals surface area contributed by atoms with Crippen molar-refractivity contribution in [3.05, 3.63) is 72.3 Å². The molecule has 0 saturated heterocycles. The minimum absolute atomic E-state index is 0.0512. The maximum Gasteiger partial charge on any atom is 0.263 e. The number of nitrogens with zero attached hydrogens (tertiary/aromatic N) is 4. The Labute approximate surface area is 251 Å². The summed E-state index contributed by atoms with van der Waals surface area (Å²) in [5.74, 6) is 0.961. The number of carbonyl (C=O) groups is 2. The number of nitrogens with two attached hydrogens (primary N) is 1. The largest absolute Gasteiger partial charge is 0.497 e. The zero-order valence-electron chi connectivity index (χ0n) is 24.4. The predicted octanol–water partition coefficient (Wildman–Crippen LogP) is 5.60. The van der Waals surface area contributed by atoms with E-state index in [4.69, 9.17) is 9.88 Å². The number of aromatic nitrogens is 3. The van der Waals surface area contributed by atoms with Crippen molar-refractivity contribution >= 4 is 34.9 Å². The molecule has 2 aromatic carbocycles. The van der Waals surface area contributed by atoms with E-state index >= 15 is 0 Å². The lowest BCUT2D eigenvalue weighted by Crippen LogP contribution is -2.29. The number of amides is 1. The first-order valence-corrected chi connectivity index (χ1v) is 15.5. The lowest BCUT2D eigenvalue weighted by atomic mass is 9.81. The summed E-state index contributed by atoms with van der Waals surface area (Å²) in [7, 11) is 3.62. The Balaban J connectivity index is 1.56. The molecule has 1 fully saturated rings. The highest BCUT2D eigenvalue weighted by molar-refractivity contribution is 7.94. The van der Waals surface area contributed by atoms with E-state index in [0.29, 0.717) is 18.0 Å². The van der Waals surface area contributed by atoms with Crippen LogP contribution in [0.2, 0.25) is 0 Å². The first kappa shape index (κ1) is 29.9. The van der Waals surface area contributed by atoms with Crippen LogP contribution in [-0.4, -0.2) is 57.5 Å². The second-order valence-corrected chi connectivity index (χ2v) is 11.8. The van der Waals surface area contributed by atoms with Crippen LogP contribution in [0.4, 0.5) is 0 Å². The third kappa shape index (κ3) is 6.72. The highest BCUT2D eigenvalue weighted by atomic mass is 32.2. The number of ether oxygens (including phenoxy) is 1. The maximum atomic E-state index is 13.4. The Bertz CT molecular complexity index is 1490. The fourth-order valence-corrected chi connectivity index (χ4v) is 6.24. The number of fused-ring (bicyclic) bond motifs is 1. The number of benzene rings is 2. The van der Waals surface area contributed by atoms with Crippen molar-refractivity contribution < 1.29 is 14.3 Å². The average molecular weight is 589 g/mol. The molecular formula is C32H40N6O3S. The lowest BCUT2D eigenvalue weighted by molar-refractivity contribution is -0.121. The van der Waals surface area contributed by atoms with Crippen molar-refractivity contribution in [2.24, 2.45) is 5.14 Å². The molecule has 2 aromatic heterocycles. The average Bonchev–Trinajstić information content (AvgIpc) is 3.68. The molecule has 1 amide bonds. The summed E-state index contributed by atoms with van der Waals surface area (Å²) in [5, 5.41) is 9.81. The van der Waals surface area contributed by atoms with Gasteiger partial charge in [0.2, 0.25) is 5.91 Å². The molecule has 42 heavy (non-hydrogen) atoms. The number of hydrogen-bond acceptors (Lipinski definition) is 7. The number of hydrogen-bond donors (Lipinski definition) is 2. The predicted molar refractivity (Wildman–Crippen MR) is 168 cm³/mol. The highest BCUT2D eigenvalue weighted by Gasteiger charge is 2.28. The van der Waals surface area contributed by atoms with Gasteiger partial charge in [-0.1, -0.05) is 25.3 Å². The minimum atomic E-state index is -0.155. The van der Waals surface area contributed by atoms with Crippen molar-refractivity contribution in [2.45, 2.75) is 57.4 Å². The van der Waals surface area contributed by atoms with Crippen LogP contribution >= 0.6 is 12.1 Å². The standard InChI is InChI=1S/C32H40N6O3S/c1-36(42-33)18-7-6-16-35-29(39)21-38-28-20-25(32(40)37-19-17-34-22-37)12-15-27(28)30(23-8-4-3-5-9-23)31(38)24-10-13-26(41-2)14-11-24/h10-15,17,19-20,22-23H,3-9,16,18,21,33H2,1-2H3,(H,35,39). The molecule has 9 nitrogen and oxygen atoms in total. The van der Waals surface area contributed by atoms with Gasteiger partial charge >= 0.3 is 0 Å². The molecule has 5 rings (SSSR count). The first-order valence-electron chi connectivity index (χ1n) is 14.7. The Morgan fingerprint density at radius 3 is 2.60 bits per heavy atom. The molecule has 0 aliphatic heterocycles. The third-order valence-corrected chi connectivity index (χ3v) is 8.71. The summed E-state index contributed by atoms with van der Waals surface area (Å²) < 4.78 is 11.0. The SMILES string of the molecule is COc1ccc(-c2c(C3CCCCC3)c3ccc(C(=O)n4ccnc4)cc3n2CC(=O)NCCCCN(C)SN)cc1. The summed E-state index contributed by atoms with van der Waals surface area (Å²) >= 11 is 1.22. The quantitative estimate of drug-likeness (QED) is 0.164. The lowest BCUT2D eigenvalue weighted by Gasteiger charge is -2.24. The zero-order chi connectivity index (χ0) is 29.5. The van der Waals surface area contributed by atoms with Gasteiger partial charge in [0.15, 0.2) is 0 Å². The van der Waals surface area contributed by atoms with E-state index in [-0.39, 0.29) is 18.4 Å². The number of methoxy groups -OCH3 is 1. The molecular weight excluding hydrogens is 548 g/mol. The summed E-state index contributed by atoms with van der Waals surface area (Å²) in [6.07, 6.45) is 12.4. The summed E-state index contributed by atoms with van der Waals surface area (Å²) in [6, 6.07) is 14.0. The number of carbonyl (C=O) groups excluding carboxylic acids is 2. The molecule has 222 valence electrons. The van der Waals surface area contributed by atoms with E-state index in [9.17, 15) is 9.59 Å². The molecule has 0 spiro atoms. The number of nitrogens with one attached hydrogen (secondary N) is 1. The molecule has 1 aliphatic carbocycles. The molecule has 0 atom stereocenters. The Morgan fingerprint density at radius 2 is 1.90 bits per heavy atom. The first-order chi connectivity index (χ1) is 20.5. The molecule has 1 aliphatic rings. The summed E-state index contributed by atoms with van der Waals surface area (Å²) in [4.78, 5) is 30.8. The molecule has 0 radical (unpaired) electrons. The highest BCUT2D eigenvalue weighted by Crippen LogP contribution is 2.44. The van der Waals surface area contributed by atoms with Gasteiger partial charge in [0.05, 0.1) is 18.3 Å². The molecule has 4 aromatic rings. The minimum Gasteiger partial charge on any atom is -0.497 e. The zero-order valence-corrected chi connectivity index (χ0v) is 25.2. The summed E-state index contributed by atoms with van der Waals surface area (Å²) in [6.45, 7) is 1.62. The second-order valence-electron chi connectivity index (χ2n) is 10.9. The molecule has 0 bridgehead atoms. The van der Waals surface area contributed by atoms with Crippen LogP contribution in [0.1, 0.15) is 66.8 Å². The fourth-order valence-electron chi connectivity index (χ4n) is 6.01. The third-order valence-electron chi connectivity index (χ3n) is 8.17. The van der Waals surface area contributed by atoms with Gasteiger partial charge in [-0.15, -0.1) is 0 Å². The van der Waals surface area contributed by atoms with Crippen LogP contribution in [0.5, 0.6) is 5.75 Å². The van der Waals surface area contributed by atoms with Crippen LogP contribution < -0.4 is 15.2 Å². The smallest absolute Gasteiger partial charge is 0.263 e. The van der Waals surface area contributed by atoms with Gasteiger partial charge < -0.3 is 14.6 Å². The molecule has 2 heterocycles. The second kappa shape index (κ2) is 14.0. The summed E-state index contributed by atoms with van der Waals surface area (Å²) in [5.41, 5.74) is 4.79. The topological polar surface area (TPSA) is 107 Å². The van der Waals surface area contributed by atoms with Crippen LogP contribution in [0.3, 0.4) is 0 Å². The normalized spacial score (nSPS) is 14.0. The monoisotopic (exact) mass is 588 g/mol. The number of unbranched alkanes of at least 4 members (excludes halogenated alkanes) is 1. The Morgan fingerprint density at radius 1 is 1.12 bits per heavy atom. The van der Waals surface area contributed by atoms with Crippen LogP contribution in [0.25, 0.3) is 22.2 Å². The van der Waals surface area contributed by atoms with Gasteiger partial charge in [0.1, 0.15) is 18.6 Å². The van der Waals surface area contributed by atoms with Gasteiger partial charge in [-0.25, -0.2) is 9.29 Å². The number of imidazole rings is 1. The Hall–Kier alpha value is -3.60. The molecule has 0 unspecified atom stereocenters. The van der Waals surface area contributed by atoms with Crippen LogP contribution in [0, 0.1) is 0 Å². The molecule has 3 N–H and O–H groups in total. The van der Waals surface area contributed by atoms with E-state index in [2.05, 4.69) is 33.1 Å². The van der Waals surface area contributed by atoms with Gasteiger partial charge in [0, 0.05) is 48.6 Å². The maximum absolute atomic E-state index is 13.4. The van der Waals surface area contributed by atoms with Gasteiger partial charge in [-0.3, -0.25) is 19.3 Å². The fraction of sp³-hybridized carbons (Fsp3) is 0.406. The van der Waals surface area contributed by atoms with Crippen molar-refractivity contribution in [1.82, 2.24) is 23.7 Å². The van der Waals surface area contributed by atoms with Gasteiger partial charge in [0.25, 0.3) is 5.91 Å². The van der Waals surface area contributed by atoms with Crippen molar-refractivity contribution in [1.29, 1.82) is 0 Å². The van der Waals surface area contributed by atoms with E-state index in [1.165, 1.54) is 47.9 Å². The molecule has 1 saturated carbocycles. The Kier molecular flexibility index (Phi) is 9.99.